The second-order valence-electron chi connectivity index (χ2n) is 4.33. The largest absolute Gasteiger partial charge is 0.408 e. The van der Waals surface area contributed by atoms with Crippen molar-refractivity contribution in [3.63, 3.8) is 0 Å². The summed E-state index contributed by atoms with van der Waals surface area (Å²) in [5.41, 5.74) is 6.03. The standard InChI is InChI=1S/C12H14F3N3O/c13-12(14,15)10(5-6-16)18-7-11(19)17-8-3-1-2-4-9(8)18/h1-4,10H,5-7,16H2,(H,17,19). The zero-order valence-corrected chi connectivity index (χ0v) is 10.1. The van der Waals surface area contributed by atoms with E-state index in [-0.39, 0.29) is 19.5 Å². The molecule has 1 amide bonds. The molecule has 2 rings (SSSR count). The number of rotatable bonds is 3. The third kappa shape index (κ3) is 2.81. The molecule has 0 radical (unpaired) electrons. The molecule has 1 aliphatic rings. The number of hydrogen-bond donors (Lipinski definition) is 2. The van der Waals surface area contributed by atoms with Crippen molar-refractivity contribution in [2.24, 2.45) is 5.73 Å². The number of hydrogen-bond acceptors (Lipinski definition) is 3. The summed E-state index contributed by atoms with van der Waals surface area (Å²) < 4.78 is 39.3. The fourth-order valence-corrected chi connectivity index (χ4v) is 2.19. The van der Waals surface area contributed by atoms with Crippen LogP contribution in [0.15, 0.2) is 24.3 Å². The maximum atomic E-state index is 13.1. The van der Waals surface area contributed by atoms with Gasteiger partial charge in [0.2, 0.25) is 5.91 Å². The molecule has 1 atom stereocenters. The highest BCUT2D eigenvalue weighted by Crippen LogP contribution is 2.36. The fraction of sp³-hybridized carbons (Fsp3) is 0.417. The van der Waals surface area contributed by atoms with Crippen LogP contribution in [0.25, 0.3) is 0 Å². The summed E-state index contributed by atoms with van der Waals surface area (Å²) in [5.74, 6) is -0.454. The molecule has 0 fully saturated rings. The Kier molecular flexibility index (Phi) is 3.66. The molecule has 0 spiro atoms. The Morgan fingerprint density at radius 3 is 2.68 bits per heavy atom. The number of carbonyl (C=O) groups is 1. The van der Waals surface area contributed by atoms with Crippen LogP contribution in [0, 0.1) is 0 Å². The molecule has 1 heterocycles. The smallest absolute Gasteiger partial charge is 0.349 e. The minimum atomic E-state index is -4.43. The van der Waals surface area contributed by atoms with Crippen molar-refractivity contribution < 1.29 is 18.0 Å². The first kappa shape index (κ1) is 13.7. The number of benzene rings is 1. The monoisotopic (exact) mass is 273 g/mol. The first-order valence-corrected chi connectivity index (χ1v) is 5.86. The van der Waals surface area contributed by atoms with Crippen LogP contribution in [-0.2, 0) is 4.79 Å². The number of anilines is 2. The van der Waals surface area contributed by atoms with Crippen molar-refractivity contribution in [1.82, 2.24) is 0 Å². The Labute approximate surface area is 108 Å². The van der Waals surface area contributed by atoms with Gasteiger partial charge in [0.25, 0.3) is 0 Å². The van der Waals surface area contributed by atoms with Crippen molar-refractivity contribution >= 4 is 17.3 Å². The molecule has 3 N–H and O–H groups in total. The van der Waals surface area contributed by atoms with Gasteiger partial charge in [-0.05, 0) is 25.1 Å². The number of halogens is 3. The lowest BCUT2D eigenvalue weighted by Crippen LogP contribution is -2.52. The Morgan fingerprint density at radius 2 is 2.05 bits per heavy atom. The van der Waals surface area contributed by atoms with Gasteiger partial charge in [-0.15, -0.1) is 0 Å². The second-order valence-corrected chi connectivity index (χ2v) is 4.33. The van der Waals surface area contributed by atoms with Gasteiger partial charge in [-0.25, -0.2) is 0 Å². The quantitative estimate of drug-likeness (QED) is 0.881. The van der Waals surface area contributed by atoms with Crippen LogP contribution in [0.4, 0.5) is 24.5 Å². The molecule has 7 heteroatoms. The van der Waals surface area contributed by atoms with Crippen molar-refractivity contribution in [2.45, 2.75) is 18.6 Å². The van der Waals surface area contributed by atoms with Gasteiger partial charge in [0, 0.05) is 0 Å². The van der Waals surface area contributed by atoms with Crippen LogP contribution in [0.5, 0.6) is 0 Å². The predicted octanol–water partition coefficient (Wildman–Crippen LogP) is 1.72. The molecular weight excluding hydrogens is 259 g/mol. The van der Waals surface area contributed by atoms with E-state index in [1.165, 1.54) is 0 Å². The summed E-state index contributed by atoms with van der Waals surface area (Å²) in [4.78, 5) is 12.6. The molecule has 1 aliphatic heterocycles. The summed E-state index contributed by atoms with van der Waals surface area (Å²) >= 11 is 0. The fourth-order valence-electron chi connectivity index (χ4n) is 2.19. The van der Waals surface area contributed by atoms with Crippen LogP contribution < -0.4 is 16.0 Å². The summed E-state index contributed by atoms with van der Waals surface area (Å²) in [6.45, 7) is -0.411. The van der Waals surface area contributed by atoms with Gasteiger partial charge < -0.3 is 16.0 Å². The topological polar surface area (TPSA) is 58.4 Å². The van der Waals surface area contributed by atoms with Crippen LogP contribution in [0.3, 0.4) is 0 Å². The number of para-hydroxylation sites is 2. The van der Waals surface area contributed by atoms with E-state index in [1.807, 2.05) is 0 Å². The Morgan fingerprint density at radius 1 is 1.37 bits per heavy atom. The van der Waals surface area contributed by atoms with Crippen molar-refractivity contribution in [1.29, 1.82) is 0 Å². The van der Waals surface area contributed by atoms with Gasteiger partial charge in [-0.2, -0.15) is 13.2 Å². The third-order valence-electron chi connectivity index (χ3n) is 3.00. The van der Waals surface area contributed by atoms with Gasteiger partial charge in [0.15, 0.2) is 0 Å². The minimum Gasteiger partial charge on any atom is -0.349 e. The molecule has 0 saturated carbocycles. The van der Waals surface area contributed by atoms with Gasteiger partial charge in [-0.3, -0.25) is 4.79 Å². The third-order valence-corrected chi connectivity index (χ3v) is 3.00. The van der Waals surface area contributed by atoms with E-state index in [9.17, 15) is 18.0 Å². The molecule has 104 valence electrons. The zero-order valence-electron chi connectivity index (χ0n) is 10.1. The summed E-state index contributed by atoms with van der Waals surface area (Å²) in [7, 11) is 0. The average molecular weight is 273 g/mol. The van der Waals surface area contributed by atoms with Crippen molar-refractivity contribution in [2.75, 3.05) is 23.3 Å². The molecule has 19 heavy (non-hydrogen) atoms. The van der Waals surface area contributed by atoms with E-state index in [1.54, 1.807) is 24.3 Å². The number of nitrogens with two attached hydrogens (primary N) is 1. The molecule has 1 aromatic carbocycles. The summed E-state index contributed by atoms with van der Waals surface area (Å²) in [5, 5.41) is 2.56. The molecule has 0 saturated heterocycles. The lowest BCUT2D eigenvalue weighted by Gasteiger charge is -2.38. The highest BCUT2D eigenvalue weighted by atomic mass is 19.4. The van der Waals surface area contributed by atoms with E-state index >= 15 is 0 Å². The first-order chi connectivity index (χ1) is 8.93. The molecule has 1 aromatic rings. The van der Waals surface area contributed by atoms with Crippen molar-refractivity contribution in [3.05, 3.63) is 24.3 Å². The number of alkyl halides is 3. The van der Waals surface area contributed by atoms with E-state index in [4.69, 9.17) is 5.73 Å². The highest BCUT2D eigenvalue weighted by Gasteiger charge is 2.45. The molecular formula is C12H14F3N3O. The van der Waals surface area contributed by atoms with Gasteiger partial charge in [0.05, 0.1) is 17.9 Å². The molecule has 0 aliphatic carbocycles. The van der Waals surface area contributed by atoms with Crippen molar-refractivity contribution in [3.8, 4) is 0 Å². The highest BCUT2D eigenvalue weighted by molar-refractivity contribution is 6.01. The van der Waals surface area contributed by atoms with E-state index < -0.39 is 18.1 Å². The van der Waals surface area contributed by atoms with Crippen LogP contribution in [0.1, 0.15) is 6.42 Å². The number of carbonyl (C=O) groups excluding carboxylic acids is 1. The number of amides is 1. The van der Waals surface area contributed by atoms with Crippen LogP contribution >= 0.6 is 0 Å². The summed E-state index contributed by atoms with van der Waals surface area (Å²) in [6.07, 6.45) is -4.67. The normalized spacial score (nSPS) is 16.8. The van der Waals surface area contributed by atoms with E-state index in [0.717, 1.165) is 4.90 Å². The second kappa shape index (κ2) is 5.08. The van der Waals surface area contributed by atoms with Gasteiger partial charge in [0.1, 0.15) is 6.04 Å². The zero-order chi connectivity index (χ0) is 14.0. The molecule has 1 unspecified atom stereocenters. The SMILES string of the molecule is NCCC(N1CC(=O)Nc2ccccc21)C(F)(F)F. The number of nitrogens with zero attached hydrogens (tertiary/aromatic N) is 1. The molecule has 4 nitrogen and oxygen atoms in total. The van der Waals surface area contributed by atoms with Crippen LogP contribution in [-0.4, -0.2) is 31.2 Å². The molecule has 0 bridgehead atoms. The number of nitrogens with one attached hydrogen (secondary N) is 1. The minimum absolute atomic E-state index is 0.0928. The van der Waals surface area contributed by atoms with Crippen LogP contribution in [0.2, 0.25) is 0 Å². The lowest BCUT2D eigenvalue weighted by molar-refractivity contribution is -0.150. The van der Waals surface area contributed by atoms with E-state index in [2.05, 4.69) is 5.32 Å². The number of fused-ring (bicyclic) bond motifs is 1. The summed E-state index contributed by atoms with van der Waals surface area (Å²) in [6, 6.07) is 4.69. The maximum absolute atomic E-state index is 13.1. The Balaban J connectivity index is 2.40. The molecule has 0 aromatic heterocycles. The predicted molar refractivity (Wildman–Crippen MR) is 65.9 cm³/mol. The first-order valence-electron chi connectivity index (χ1n) is 5.86. The van der Waals surface area contributed by atoms with E-state index in [0.29, 0.717) is 11.4 Å². The Bertz CT molecular complexity index is 476. The van der Waals surface area contributed by atoms with Gasteiger partial charge >= 0.3 is 6.18 Å². The maximum Gasteiger partial charge on any atom is 0.408 e. The lowest BCUT2D eigenvalue weighted by atomic mass is 10.1. The average Bonchev–Trinajstić information content (AvgIpc) is 2.33. The van der Waals surface area contributed by atoms with Gasteiger partial charge in [-0.1, -0.05) is 12.1 Å². The Hall–Kier alpha value is -1.76.